The lowest BCUT2D eigenvalue weighted by atomic mass is 10.0. The van der Waals surface area contributed by atoms with Gasteiger partial charge in [0.15, 0.2) is 0 Å². The molecule has 2 heterocycles. The quantitative estimate of drug-likeness (QED) is 0.336. The van der Waals surface area contributed by atoms with E-state index in [4.69, 9.17) is 16.6 Å². The Labute approximate surface area is 144 Å². The van der Waals surface area contributed by atoms with E-state index in [1.54, 1.807) is 0 Å². The maximum Gasteiger partial charge on any atom is 0.0732 e. The van der Waals surface area contributed by atoms with Crippen LogP contribution < -0.4 is 0 Å². The topological polar surface area (TPSA) is 17.8 Å². The number of hydrogen-bond acceptors (Lipinski definition) is 1. The van der Waals surface area contributed by atoms with Crippen LogP contribution in [-0.4, -0.2) is 9.55 Å². The number of nitrogens with zero attached hydrogens (tertiary/aromatic N) is 2. The van der Waals surface area contributed by atoms with Gasteiger partial charge in [-0.15, -0.1) is 0 Å². The van der Waals surface area contributed by atoms with Crippen LogP contribution in [0.25, 0.3) is 43.6 Å². The van der Waals surface area contributed by atoms with Crippen LogP contribution in [0.3, 0.4) is 0 Å². The van der Waals surface area contributed by atoms with Crippen LogP contribution in [0.1, 0.15) is 6.92 Å². The Morgan fingerprint density at radius 3 is 2.38 bits per heavy atom. The van der Waals surface area contributed by atoms with Crippen LogP contribution in [0, 0.1) is 0 Å². The largest absolute Gasteiger partial charge is 0.341 e. The molecular weight excluding hydrogens is 316 g/mol. The van der Waals surface area contributed by atoms with E-state index in [-0.39, 0.29) is 0 Å². The van der Waals surface area contributed by atoms with Gasteiger partial charge in [-0.25, -0.2) is 4.98 Å². The lowest BCUT2D eigenvalue weighted by Crippen LogP contribution is -1.93. The van der Waals surface area contributed by atoms with Crippen molar-refractivity contribution in [3.63, 3.8) is 0 Å². The van der Waals surface area contributed by atoms with Crippen molar-refractivity contribution in [1.82, 2.24) is 9.55 Å². The minimum Gasteiger partial charge on any atom is -0.341 e. The second-order valence-corrected chi connectivity index (χ2v) is 6.44. The van der Waals surface area contributed by atoms with Gasteiger partial charge < -0.3 is 4.57 Å². The van der Waals surface area contributed by atoms with Crippen molar-refractivity contribution in [2.24, 2.45) is 0 Å². The lowest BCUT2D eigenvalue weighted by molar-refractivity contribution is 0.827. The molecule has 2 nitrogen and oxygen atoms in total. The summed E-state index contributed by atoms with van der Waals surface area (Å²) < 4.78 is 2.34. The first-order valence-electron chi connectivity index (χ1n) is 8.17. The number of aromatic nitrogens is 2. The number of fused-ring (bicyclic) bond motifs is 6. The third-order valence-corrected chi connectivity index (χ3v) is 5.23. The van der Waals surface area contributed by atoms with Gasteiger partial charge in [-0.05, 0) is 31.2 Å². The molecule has 5 rings (SSSR count). The van der Waals surface area contributed by atoms with Gasteiger partial charge in [-0.3, -0.25) is 0 Å². The summed E-state index contributed by atoms with van der Waals surface area (Å²) in [5.41, 5.74) is 4.34. The van der Waals surface area contributed by atoms with E-state index in [1.807, 2.05) is 24.3 Å². The van der Waals surface area contributed by atoms with E-state index < -0.39 is 0 Å². The maximum absolute atomic E-state index is 6.86. The van der Waals surface area contributed by atoms with Gasteiger partial charge in [-0.1, -0.05) is 48.0 Å². The number of aryl methyl sites for hydroxylation is 1. The van der Waals surface area contributed by atoms with Gasteiger partial charge in [0, 0.05) is 39.1 Å². The molecule has 0 bridgehead atoms. The third kappa shape index (κ3) is 1.69. The zero-order chi connectivity index (χ0) is 16.3. The van der Waals surface area contributed by atoms with E-state index >= 15 is 0 Å². The van der Waals surface area contributed by atoms with Crippen molar-refractivity contribution in [3.8, 4) is 0 Å². The molecule has 0 unspecified atom stereocenters. The molecule has 0 aliphatic heterocycles. The fraction of sp³-hybridized carbons (Fsp3) is 0.0952. The molecular formula is C21H15ClN2. The molecule has 0 saturated carbocycles. The molecule has 0 saturated heterocycles. The summed E-state index contributed by atoms with van der Waals surface area (Å²) in [4.78, 5) is 4.84. The minimum absolute atomic E-state index is 0.792. The summed E-state index contributed by atoms with van der Waals surface area (Å²) in [6.45, 7) is 3.10. The van der Waals surface area contributed by atoms with E-state index in [0.29, 0.717) is 0 Å². The number of pyridine rings is 1. The number of hydrogen-bond donors (Lipinski definition) is 0. The Kier molecular flexibility index (Phi) is 2.85. The molecule has 0 fully saturated rings. The molecule has 116 valence electrons. The van der Waals surface area contributed by atoms with Crippen molar-refractivity contribution in [2.45, 2.75) is 13.5 Å². The Bertz CT molecular complexity index is 1250. The summed E-state index contributed by atoms with van der Waals surface area (Å²) in [5, 5.41) is 5.29. The first-order valence-corrected chi connectivity index (χ1v) is 8.55. The van der Waals surface area contributed by atoms with Gasteiger partial charge >= 0.3 is 0 Å². The maximum atomic E-state index is 6.86. The van der Waals surface area contributed by atoms with Crippen LogP contribution >= 0.6 is 11.6 Å². The molecule has 0 amide bonds. The summed E-state index contributed by atoms with van der Waals surface area (Å²) in [5.74, 6) is 0. The molecule has 3 aromatic carbocycles. The molecule has 2 aromatic heterocycles. The smallest absolute Gasteiger partial charge is 0.0732 e. The van der Waals surface area contributed by atoms with E-state index in [9.17, 15) is 0 Å². The zero-order valence-corrected chi connectivity index (χ0v) is 14.0. The summed E-state index contributed by atoms with van der Waals surface area (Å²) in [7, 11) is 0. The molecule has 0 aliphatic rings. The Hall–Kier alpha value is -2.58. The predicted octanol–water partition coefficient (Wildman–Crippen LogP) is 6.17. The second-order valence-electron chi connectivity index (χ2n) is 6.06. The average Bonchev–Trinajstić information content (AvgIpc) is 2.95. The summed E-state index contributed by atoms with van der Waals surface area (Å²) >= 11 is 6.86. The Morgan fingerprint density at radius 1 is 0.792 bits per heavy atom. The number of halogens is 1. The van der Waals surface area contributed by atoms with Gasteiger partial charge in [0.2, 0.25) is 0 Å². The van der Waals surface area contributed by atoms with E-state index in [2.05, 4.69) is 47.9 Å². The highest BCUT2D eigenvalue weighted by Crippen LogP contribution is 2.39. The van der Waals surface area contributed by atoms with Crippen LogP contribution in [0.4, 0.5) is 0 Å². The van der Waals surface area contributed by atoms with Crippen LogP contribution in [0.15, 0.2) is 60.7 Å². The molecule has 5 aromatic rings. The van der Waals surface area contributed by atoms with Crippen molar-refractivity contribution in [3.05, 3.63) is 65.7 Å². The monoisotopic (exact) mass is 330 g/mol. The highest BCUT2D eigenvalue weighted by Gasteiger charge is 2.16. The lowest BCUT2D eigenvalue weighted by Gasteiger charge is -2.08. The average molecular weight is 331 g/mol. The number of benzene rings is 3. The molecule has 0 spiro atoms. The first kappa shape index (κ1) is 13.8. The van der Waals surface area contributed by atoms with E-state index in [1.165, 1.54) is 21.8 Å². The van der Waals surface area contributed by atoms with Crippen LogP contribution in [-0.2, 0) is 6.54 Å². The number of rotatable bonds is 1. The summed E-state index contributed by atoms with van der Waals surface area (Å²) in [6.07, 6.45) is 0. The minimum atomic E-state index is 0.792. The Morgan fingerprint density at radius 2 is 1.54 bits per heavy atom. The zero-order valence-electron chi connectivity index (χ0n) is 13.3. The van der Waals surface area contributed by atoms with Crippen molar-refractivity contribution in [2.75, 3.05) is 0 Å². The second kappa shape index (κ2) is 4.96. The fourth-order valence-corrected chi connectivity index (χ4v) is 4.16. The first-order chi connectivity index (χ1) is 11.8. The third-order valence-electron chi connectivity index (χ3n) is 4.83. The Balaban J connectivity index is 2.13. The van der Waals surface area contributed by atoms with Crippen molar-refractivity contribution >= 4 is 55.2 Å². The standard InChI is InChI=1S/C21H15ClN2/c1-2-24-17-10-6-4-8-14(17)19-18(24)12-11-16-20(19)21(22)13-7-3-5-9-15(13)23-16/h3-12H,2H2,1H3. The van der Waals surface area contributed by atoms with Crippen LogP contribution in [0.2, 0.25) is 5.02 Å². The fourth-order valence-electron chi connectivity index (χ4n) is 3.81. The molecule has 24 heavy (non-hydrogen) atoms. The summed E-state index contributed by atoms with van der Waals surface area (Å²) in [6, 6.07) is 20.8. The van der Waals surface area contributed by atoms with Gasteiger partial charge in [0.25, 0.3) is 0 Å². The van der Waals surface area contributed by atoms with Crippen molar-refractivity contribution < 1.29 is 0 Å². The predicted molar refractivity (Wildman–Crippen MR) is 103 cm³/mol. The van der Waals surface area contributed by atoms with Crippen molar-refractivity contribution in [1.29, 1.82) is 0 Å². The highest BCUT2D eigenvalue weighted by molar-refractivity contribution is 6.43. The van der Waals surface area contributed by atoms with Gasteiger partial charge in [0.1, 0.15) is 0 Å². The normalized spacial score (nSPS) is 11.9. The molecule has 3 heteroatoms. The van der Waals surface area contributed by atoms with Gasteiger partial charge in [0.05, 0.1) is 16.1 Å². The van der Waals surface area contributed by atoms with Crippen LogP contribution in [0.5, 0.6) is 0 Å². The molecule has 0 radical (unpaired) electrons. The molecule has 0 atom stereocenters. The van der Waals surface area contributed by atoms with E-state index in [0.717, 1.165) is 33.4 Å². The molecule has 0 N–H and O–H groups in total. The highest BCUT2D eigenvalue weighted by atomic mass is 35.5. The number of para-hydroxylation sites is 2. The SMILES string of the molecule is CCn1c2ccccc2c2c3c(Cl)c4ccccc4nc3ccc21. The van der Waals surface area contributed by atoms with Gasteiger partial charge in [-0.2, -0.15) is 0 Å². The molecule has 0 aliphatic carbocycles.